The van der Waals surface area contributed by atoms with Gasteiger partial charge in [0.1, 0.15) is 5.75 Å². The number of aromatic nitrogens is 2. The number of nitrogens with zero attached hydrogens (tertiary/aromatic N) is 2. The van der Waals surface area contributed by atoms with Gasteiger partial charge in [-0.05, 0) is 30.9 Å². The van der Waals surface area contributed by atoms with Crippen LogP contribution in [0.15, 0.2) is 22.7 Å². The highest BCUT2D eigenvalue weighted by atomic mass is 16.5. The summed E-state index contributed by atoms with van der Waals surface area (Å²) in [6.45, 7) is 4.02. The molecule has 1 aromatic heterocycles. The molecule has 0 spiro atoms. The maximum absolute atomic E-state index is 9.94. The van der Waals surface area contributed by atoms with Gasteiger partial charge in [0.05, 0.1) is 5.56 Å². The average Bonchev–Trinajstić information content (AvgIpc) is 2.86. The lowest BCUT2D eigenvalue weighted by atomic mass is 10.1. The fourth-order valence-electron chi connectivity index (χ4n) is 2.01. The predicted octanol–water partition coefficient (Wildman–Crippen LogP) is 2.87. The Balaban J connectivity index is 1.98. The minimum absolute atomic E-state index is 0.214. The molecule has 17 heavy (non-hydrogen) atoms. The van der Waals surface area contributed by atoms with Gasteiger partial charge >= 0.3 is 0 Å². The summed E-state index contributed by atoms with van der Waals surface area (Å²) in [5.41, 5.74) is 1.42. The highest BCUT2D eigenvalue weighted by Gasteiger charge is 2.38. The Morgan fingerprint density at radius 3 is 2.88 bits per heavy atom. The van der Waals surface area contributed by atoms with Crippen molar-refractivity contribution < 1.29 is 9.63 Å². The summed E-state index contributed by atoms with van der Waals surface area (Å²) in [7, 11) is 0. The molecule has 1 N–H and O–H groups in total. The third kappa shape index (κ3) is 1.69. The molecule has 88 valence electrons. The van der Waals surface area contributed by atoms with Gasteiger partial charge in [0.25, 0.3) is 5.89 Å². The van der Waals surface area contributed by atoms with Gasteiger partial charge in [0.2, 0.25) is 0 Å². The van der Waals surface area contributed by atoms with Crippen LogP contribution in [-0.4, -0.2) is 15.2 Å². The van der Waals surface area contributed by atoms with Crippen molar-refractivity contribution in [1.29, 1.82) is 0 Å². The van der Waals surface area contributed by atoms with Crippen molar-refractivity contribution in [2.75, 3.05) is 0 Å². The van der Waals surface area contributed by atoms with E-state index in [-0.39, 0.29) is 5.75 Å². The summed E-state index contributed by atoms with van der Waals surface area (Å²) in [6, 6.07) is 5.50. The van der Waals surface area contributed by atoms with Crippen molar-refractivity contribution in [2.45, 2.75) is 26.2 Å². The van der Waals surface area contributed by atoms with Crippen molar-refractivity contribution in [1.82, 2.24) is 10.1 Å². The SMILES string of the molecule is Cc1cccc(-c2nc(C3CC3C)no2)c1O. The Morgan fingerprint density at radius 1 is 1.41 bits per heavy atom. The molecule has 1 aliphatic carbocycles. The van der Waals surface area contributed by atoms with E-state index in [4.69, 9.17) is 4.52 Å². The Hall–Kier alpha value is -1.84. The molecule has 0 aliphatic heterocycles. The molecule has 1 aromatic carbocycles. The molecule has 4 nitrogen and oxygen atoms in total. The molecule has 2 atom stereocenters. The van der Waals surface area contributed by atoms with Crippen LogP contribution in [0.3, 0.4) is 0 Å². The van der Waals surface area contributed by atoms with Gasteiger partial charge in [0, 0.05) is 5.92 Å². The second-order valence-corrected chi connectivity index (χ2v) is 4.75. The van der Waals surface area contributed by atoms with E-state index in [1.807, 2.05) is 19.1 Å². The van der Waals surface area contributed by atoms with E-state index in [0.29, 0.717) is 23.3 Å². The fourth-order valence-corrected chi connectivity index (χ4v) is 2.01. The molecule has 0 bridgehead atoms. The van der Waals surface area contributed by atoms with Crippen molar-refractivity contribution in [3.63, 3.8) is 0 Å². The standard InChI is InChI=1S/C13H14N2O2/c1-7-4-3-5-9(11(7)16)13-14-12(15-17-13)10-6-8(10)2/h3-5,8,10,16H,6H2,1-2H3. The molecule has 0 radical (unpaired) electrons. The second-order valence-electron chi connectivity index (χ2n) is 4.75. The maximum atomic E-state index is 9.94. The number of phenolic OH excluding ortho intramolecular Hbond substituents is 1. The van der Waals surface area contributed by atoms with Crippen LogP contribution >= 0.6 is 0 Å². The second kappa shape index (κ2) is 3.58. The van der Waals surface area contributed by atoms with Crippen LogP contribution in [0, 0.1) is 12.8 Å². The monoisotopic (exact) mass is 230 g/mol. The van der Waals surface area contributed by atoms with Gasteiger partial charge < -0.3 is 9.63 Å². The number of hydrogen-bond donors (Lipinski definition) is 1. The van der Waals surface area contributed by atoms with Crippen LogP contribution in [0.5, 0.6) is 5.75 Å². The number of rotatable bonds is 2. The minimum Gasteiger partial charge on any atom is -0.507 e. The average molecular weight is 230 g/mol. The van der Waals surface area contributed by atoms with Gasteiger partial charge in [-0.15, -0.1) is 0 Å². The van der Waals surface area contributed by atoms with E-state index in [2.05, 4.69) is 17.1 Å². The summed E-state index contributed by atoms with van der Waals surface area (Å²) in [4.78, 5) is 4.36. The van der Waals surface area contributed by atoms with E-state index in [1.54, 1.807) is 6.07 Å². The van der Waals surface area contributed by atoms with Crippen LogP contribution in [-0.2, 0) is 0 Å². The third-order valence-electron chi connectivity index (χ3n) is 3.35. The Kier molecular flexibility index (Phi) is 2.18. The largest absolute Gasteiger partial charge is 0.507 e. The highest BCUT2D eigenvalue weighted by molar-refractivity contribution is 5.64. The lowest BCUT2D eigenvalue weighted by molar-refractivity contribution is 0.416. The van der Waals surface area contributed by atoms with Crippen molar-refractivity contribution in [3.05, 3.63) is 29.6 Å². The molecule has 1 heterocycles. The first-order valence-corrected chi connectivity index (χ1v) is 5.79. The van der Waals surface area contributed by atoms with E-state index in [0.717, 1.165) is 17.8 Å². The summed E-state index contributed by atoms with van der Waals surface area (Å²) in [5, 5.41) is 13.9. The van der Waals surface area contributed by atoms with Crippen LogP contribution < -0.4 is 0 Å². The summed E-state index contributed by atoms with van der Waals surface area (Å²) < 4.78 is 5.22. The quantitative estimate of drug-likeness (QED) is 0.861. The molecule has 2 aromatic rings. The van der Waals surface area contributed by atoms with E-state index in [9.17, 15) is 5.11 Å². The topological polar surface area (TPSA) is 59.2 Å². The highest BCUT2D eigenvalue weighted by Crippen LogP contribution is 2.46. The van der Waals surface area contributed by atoms with Crippen molar-refractivity contribution >= 4 is 0 Å². The molecule has 1 saturated carbocycles. The molecule has 1 fully saturated rings. The van der Waals surface area contributed by atoms with Gasteiger partial charge in [-0.2, -0.15) is 4.98 Å². The summed E-state index contributed by atoms with van der Waals surface area (Å²) in [5.74, 6) is 2.45. The normalized spacial score (nSPS) is 22.7. The molecule has 2 unspecified atom stereocenters. The first-order chi connectivity index (χ1) is 8.16. The van der Waals surface area contributed by atoms with E-state index in [1.165, 1.54) is 0 Å². The van der Waals surface area contributed by atoms with Crippen molar-refractivity contribution in [2.24, 2.45) is 5.92 Å². The number of hydrogen-bond acceptors (Lipinski definition) is 4. The number of benzene rings is 1. The smallest absolute Gasteiger partial charge is 0.261 e. The van der Waals surface area contributed by atoms with E-state index >= 15 is 0 Å². The zero-order valence-corrected chi connectivity index (χ0v) is 9.84. The summed E-state index contributed by atoms with van der Waals surface area (Å²) in [6.07, 6.45) is 1.12. The van der Waals surface area contributed by atoms with Gasteiger partial charge in [-0.3, -0.25) is 0 Å². The third-order valence-corrected chi connectivity index (χ3v) is 3.35. The molecule has 3 rings (SSSR count). The maximum Gasteiger partial charge on any atom is 0.261 e. The number of aromatic hydroxyl groups is 1. The molecular weight excluding hydrogens is 216 g/mol. The molecule has 4 heteroatoms. The lowest BCUT2D eigenvalue weighted by Gasteiger charge is -2.01. The lowest BCUT2D eigenvalue weighted by Crippen LogP contribution is -1.85. The number of aryl methyl sites for hydroxylation is 1. The summed E-state index contributed by atoms with van der Waals surface area (Å²) >= 11 is 0. The van der Waals surface area contributed by atoms with Gasteiger partial charge in [0.15, 0.2) is 5.82 Å². The fraction of sp³-hybridized carbons (Fsp3) is 0.385. The molecule has 0 amide bonds. The minimum atomic E-state index is 0.214. The Morgan fingerprint density at radius 2 is 2.18 bits per heavy atom. The zero-order valence-electron chi connectivity index (χ0n) is 9.84. The number of phenols is 1. The molecule has 0 saturated heterocycles. The number of para-hydroxylation sites is 1. The Labute approximate surface area is 99.3 Å². The first kappa shape index (κ1) is 10.3. The van der Waals surface area contributed by atoms with Crippen LogP contribution in [0.1, 0.15) is 30.7 Å². The predicted molar refractivity (Wildman–Crippen MR) is 62.7 cm³/mol. The van der Waals surface area contributed by atoms with Crippen LogP contribution in [0.4, 0.5) is 0 Å². The first-order valence-electron chi connectivity index (χ1n) is 5.79. The molecule has 1 aliphatic rings. The van der Waals surface area contributed by atoms with E-state index < -0.39 is 0 Å². The Bertz CT molecular complexity index is 562. The zero-order chi connectivity index (χ0) is 12.0. The van der Waals surface area contributed by atoms with Gasteiger partial charge in [-0.25, -0.2) is 0 Å². The van der Waals surface area contributed by atoms with Gasteiger partial charge in [-0.1, -0.05) is 24.2 Å². The molecular formula is C13H14N2O2. The van der Waals surface area contributed by atoms with Crippen molar-refractivity contribution in [3.8, 4) is 17.2 Å². The van der Waals surface area contributed by atoms with Crippen LogP contribution in [0.2, 0.25) is 0 Å². The van der Waals surface area contributed by atoms with Crippen LogP contribution in [0.25, 0.3) is 11.5 Å².